The van der Waals surface area contributed by atoms with E-state index < -0.39 is 0 Å². The van der Waals surface area contributed by atoms with Crippen molar-refractivity contribution in [3.05, 3.63) is 0 Å². The molecule has 1 nitrogen and oxygen atoms in total. The van der Waals surface area contributed by atoms with Crippen molar-refractivity contribution in [1.29, 1.82) is 0 Å². The molecule has 4 aliphatic rings. The standard InChI is InChI=1S/C25H45N/c1-3-8-20(9-4-1)18-21-14-16-22(17-15-21)23-10-7-13-25(19-23)26-24-11-5-2-6-12-24/h20-26H,1-19H2. The van der Waals surface area contributed by atoms with Crippen LogP contribution in [0.1, 0.15) is 122 Å². The molecule has 150 valence electrons. The zero-order valence-electron chi connectivity index (χ0n) is 17.4. The second-order valence-corrected chi connectivity index (χ2v) is 10.6. The summed E-state index contributed by atoms with van der Waals surface area (Å²) in [6, 6.07) is 1.72. The summed E-state index contributed by atoms with van der Waals surface area (Å²) in [5, 5.41) is 4.09. The molecule has 1 N–H and O–H groups in total. The van der Waals surface area contributed by atoms with Gasteiger partial charge in [-0.25, -0.2) is 0 Å². The van der Waals surface area contributed by atoms with E-state index in [2.05, 4.69) is 5.32 Å². The maximum Gasteiger partial charge on any atom is 0.00723 e. The van der Waals surface area contributed by atoms with Gasteiger partial charge in [-0.1, -0.05) is 77.0 Å². The molecule has 0 amide bonds. The Kier molecular flexibility index (Phi) is 7.38. The van der Waals surface area contributed by atoms with Gasteiger partial charge in [0.2, 0.25) is 0 Å². The van der Waals surface area contributed by atoms with Gasteiger partial charge in [0, 0.05) is 12.1 Å². The smallest absolute Gasteiger partial charge is 0.00723 e. The van der Waals surface area contributed by atoms with Crippen molar-refractivity contribution in [2.24, 2.45) is 23.7 Å². The van der Waals surface area contributed by atoms with Gasteiger partial charge in [0.05, 0.1) is 0 Å². The first-order valence-corrected chi connectivity index (χ1v) is 12.6. The Hall–Kier alpha value is -0.0400. The lowest BCUT2D eigenvalue weighted by Gasteiger charge is -2.40. The van der Waals surface area contributed by atoms with Crippen LogP contribution in [-0.2, 0) is 0 Å². The van der Waals surface area contributed by atoms with Gasteiger partial charge < -0.3 is 5.32 Å². The molecule has 2 atom stereocenters. The number of hydrogen-bond acceptors (Lipinski definition) is 1. The van der Waals surface area contributed by atoms with E-state index in [0.29, 0.717) is 0 Å². The second-order valence-electron chi connectivity index (χ2n) is 10.6. The monoisotopic (exact) mass is 359 g/mol. The van der Waals surface area contributed by atoms with Crippen LogP contribution in [0.3, 0.4) is 0 Å². The van der Waals surface area contributed by atoms with E-state index in [-0.39, 0.29) is 0 Å². The van der Waals surface area contributed by atoms with Crippen LogP contribution in [0.4, 0.5) is 0 Å². The lowest BCUT2D eigenvalue weighted by Crippen LogP contribution is -2.43. The minimum absolute atomic E-state index is 0.858. The highest BCUT2D eigenvalue weighted by molar-refractivity contribution is 4.87. The molecule has 26 heavy (non-hydrogen) atoms. The highest BCUT2D eigenvalue weighted by atomic mass is 15.0. The average Bonchev–Trinajstić information content (AvgIpc) is 2.70. The molecule has 4 fully saturated rings. The summed E-state index contributed by atoms with van der Waals surface area (Å²) >= 11 is 0. The van der Waals surface area contributed by atoms with E-state index in [1.807, 2.05) is 0 Å². The van der Waals surface area contributed by atoms with Crippen LogP contribution < -0.4 is 5.32 Å². The third kappa shape index (κ3) is 5.49. The van der Waals surface area contributed by atoms with Crippen LogP contribution in [0.25, 0.3) is 0 Å². The van der Waals surface area contributed by atoms with Crippen LogP contribution in [0, 0.1) is 23.7 Å². The van der Waals surface area contributed by atoms with E-state index in [4.69, 9.17) is 0 Å². The van der Waals surface area contributed by atoms with Crippen molar-refractivity contribution in [1.82, 2.24) is 5.32 Å². The molecular formula is C25H45N. The minimum atomic E-state index is 0.858. The summed E-state index contributed by atoms with van der Waals surface area (Å²) < 4.78 is 0. The molecule has 4 aliphatic carbocycles. The molecule has 0 aromatic carbocycles. The predicted octanol–water partition coefficient (Wildman–Crippen LogP) is 7.24. The Morgan fingerprint density at radius 3 is 1.81 bits per heavy atom. The van der Waals surface area contributed by atoms with Gasteiger partial charge in [0.1, 0.15) is 0 Å². The highest BCUT2D eigenvalue weighted by Crippen LogP contribution is 2.43. The molecule has 0 aromatic heterocycles. The van der Waals surface area contributed by atoms with Gasteiger partial charge in [-0.3, -0.25) is 0 Å². The Labute approximate surface area is 163 Å². The van der Waals surface area contributed by atoms with Gasteiger partial charge in [-0.2, -0.15) is 0 Å². The molecule has 0 bridgehead atoms. The van der Waals surface area contributed by atoms with Crippen molar-refractivity contribution in [3.8, 4) is 0 Å². The van der Waals surface area contributed by atoms with Crippen molar-refractivity contribution < 1.29 is 0 Å². The fourth-order valence-corrected chi connectivity index (χ4v) is 7.20. The van der Waals surface area contributed by atoms with E-state index in [1.54, 1.807) is 51.4 Å². The van der Waals surface area contributed by atoms with Crippen LogP contribution in [0.15, 0.2) is 0 Å². The topological polar surface area (TPSA) is 12.0 Å². The summed E-state index contributed by atoms with van der Waals surface area (Å²) in [6.45, 7) is 0. The summed E-state index contributed by atoms with van der Waals surface area (Å²) in [5.41, 5.74) is 0. The first-order chi connectivity index (χ1) is 12.9. The van der Waals surface area contributed by atoms with Gasteiger partial charge in [-0.05, 0) is 68.6 Å². The van der Waals surface area contributed by atoms with Crippen LogP contribution in [0.5, 0.6) is 0 Å². The molecule has 0 spiro atoms. The van der Waals surface area contributed by atoms with Gasteiger partial charge in [0.25, 0.3) is 0 Å². The normalized spacial score (nSPS) is 38.3. The molecule has 0 heterocycles. The van der Waals surface area contributed by atoms with Crippen molar-refractivity contribution in [3.63, 3.8) is 0 Å². The molecule has 2 unspecified atom stereocenters. The highest BCUT2D eigenvalue weighted by Gasteiger charge is 2.33. The Bertz CT molecular complexity index is 385. The van der Waals surface area contributed by atoms with E-state index in [0.717, 1.165) is 35.8 Å². The fraction of sp³-hybridized carbons (Fsp3) is 1.00. The summed E-state index contributed by atoms with van der Waals surface area (Å²) in [5.74, 6) is 4.33. The minimum Gasteiger partial charge on any atom is -0.311 e. The predicted molar refractivity (Wildman–Crippen MR) is 112 cm³/mol. The molecule has 1 heteroatoms. The maximum atomic E-state index is 4.09. The van der Waals surface area contributed by atoms with Crippen molar-refractivity contribution in [2.75, 3.05) is 0 Å². The third-order valence-electron chi connectivity index (χ3n) is 8.74. The lowest BCUT2D eigenvalue weighted by atomic mass is 9.68. The van der Waals surface area contributed by atoms with Crippen LogP contribution in [0.2, 0.25) is 0 Å². The average molecular weight is 360 g/mol. The van der Waals surface area contributed by atoms with Crippen molar-refractivity contribution >= 4 is 0 Å². The summed E-state index contributed by atoms with van der Waals surface area (Å²) in [7, 11) is 0. The quantitative estimate of drug-likeness (QED) is 0.545. The molecule has 4 rings (SSSR count). The molecule has 0 radical (unpaired) electrons. The lowest BCUT2D eigenvalue weighted by molar-refractivity contribution is 0.131. The Balaban J connectivity index is 1.18. The zero-order valence-corrected chi connectivity index (χ0v) is 17.4. The number of hydrogen-bond donors (Lipinski definition) is 1. The van der Waals surface area contributed by atoms with Crippen LogP contribution >= 0.6 is 0 Å². The van der Waals surface area contributed by atoms with E-state index in [1.165, 1.54) is 70.6 Å². The Morgan fingerprint density at radius 1 is 0.462 bits per heavy atom. The SMILES string of the molecule is C1CCC(CC2CCC(C3CCCC(NC4CCCCC4)C3)CC2)CC1. The molecule has 4 saturated carbocycles. The molecule has 0 aromatic rings. The van der Waals surface area contributed by atoms with Crippen molar-refractivity contribution in [2.45, 2.75) is 134 Å². The third-order valence-corrected chi connectivity index (χ3v) is 8.74. The van der Waals surface area contributed by atoms with Gasteiger partial charge >= 0.3 is 0 Å². The molecule has 0 saturated heterocycles. The van der Waals surface area contributed by atoms with Gasteiger partial charge in [0.15, 0.2) is 0 Å². The van der Waals surface area contributed by atoms with E-state index >= 15 is 0 Å². The zero-order chi connectivity index (χ0) is 17.6. The molecular weight excluding hydrogens is 314 g/mol. The Morgan fingerprint density at radius 2 is 1.08 bits per heavy atom. The van der Waals surface area contributed by atoms with E-state index in [9.17, 15) is 0 Å². The second kappa shape index (κ2) is 9.94. The first kappa shape index (κ1) is 19.3. The molecule has 0 aliphatic heterocycles. The number of nitrogens with one attached hydrogen (secondary N) is 1. The van der Waals surface area contributed by atoms with Gasteiger partial charge in [-0.15, -0.1) is 0 Å². The maximum absolute atomic E-state index is 4.09. The fourth-order valence-electron chi connectivity index (χ4n) is 7.20. The first-order valence-electron chi connectivity index (χ1n) is 12.6. The summed E-state index contributed by atoms with van der Waals surface area (Å²) in [4.78, 5) is 0. The number of rotatable bonds is 5. The summed E-state index contributed by atoms with van der Waals surface area (Å²) in [6.07, 6.45) is 28.9. The van der Waals surface area contributed by atoms with Crippen LogP contribution in [-0.4, -0.2) is 12.1 Å². The largest absolute Gasteiger partial charge is 0.311 e.